The molecule has 5 heteroatoms. The van der Waals surface area contributed by atoms with Crippen LogP contribution in [0.1, 0.15) is 12.8 Å². The number of carbonyl (C=O) groups excluding carboxylic acids is 1. The molecule has 0 amide bonds. The molecule has 0 saturated carbocycles. The Hall–Kier alpha value is -1.12. The van der Waals surface area contributed by atoms with Crippen molar-refractivity contribution < 1.29 is 14.3 Å². The molecule has 78 valence electrons. The number of rotatable bonds is 2. The number of ether oxygens (including phenoxy) is 2. The Labute approximate surface area is 82.8 Å². The number of nitrogens with two attached hydrogens (primary N) is 1. The smallest absolute Gasteiger partial charge is 0.341 e. The fourth-order valence-corrected chi connectivity index (χ4v) is 1.63. The van der Waals surface area contributed by atoms with E-state index in [1.165, 1.54) is 7.11 Å². The number of esters is 1. The van der Waals surface area contributed by atoms with Crippen LogP contribution in [0.5, 0.6) is 0 Å². The van der Waals surface area contributed by atoms with Gasteiger partial charge in [-0.15, -0.1) is 0 Å². The molecule has 1 fully saturated rings. The Morgan fingerprint density at radius 1 is 1.64 bits per heavy atom. The molecular formula is C9H14N2O3. The summed E-state index contributed by atoms with van der Waals surface area (Å²) in [6.07, 6.45) is 1.25. The summed E-state index contributed by atoms with van der Waals surface area (Å²) >= 11 is 0. The zero-order chi connectivity index (χ0) is 10.6. The summed E-state index contributed by atoms with van der Waals surface area (Å²) in [5, 5.41) is 8.92. The van der Waals surface area contributed by atoms with Crippen LogP contribution in [0.4, 0.5) is 0 Å². The third-order valence-electron chi connectivity index (χ3n) is 2.57. The van der Waals surface area contributed by atoms with Gasteiger partial charge in [-0.1, -0.05) is 0 Å². The normalized spacial score (nSPS) is 22.1. The minimum atomic E-state index is -1.52. The molecule has 1 rings (SSSR count). The molecule has 5 nitrogen and oxygen atoms in total. The van der Waals surface area contributed by atoms with Crippen LogP contribution in [-0.2, 0) is 14.3 Å². The van der Waals surface area contributed by atoms with Crippen LogP contribution in [0, 0.1) is 17.2 Å². The summed E-state index contributed by atoms with van der Waals surface area (Å²) in [5.41, 5.74) is 4.22. The molecule has 0 spiro atoms. The first-order chi connectivity index (χ1) is 6.65. The van der Waals surface area contributed by atoms with E-state index in [-0.39, 0.29) is 5.92 Å². The minimum absolute atomic E-state index is 0.173. The molecule has 1 saturated heterocycles. The Balaban J connectivity index is 2.78. The van der Waals surface area contributed by atoms with E-state index in [0.717, 1.165) is 0 Å². The molecule has 0 aliphatic carbocycles. The van der Waals surface area contributed by atoms with E-state index in [4.69, 9.17) is 15.7 Å². The van der Waals surface area contributed by atoms with Crippen molar-refractivity contribution >= 4 is 5.97 Å². The highest BCUT2D eigenvalue weighted by Crippen LogP contribution is 2.26. The zero-order valence-electron chi connectivity index (χ0n) is 8.16. The highest BCUT2D eigenvalue weighted by Gasteiger charge is 2.44. The number of nitriles is 1. The van der Waals surface area contributed by atoms with E-state index in [2.05, 4.69) is 4.74 Å². The lowest BCUT2D eigenvalue weighted by Gasteiger charge is -2.31. The third-order valence-corrected chi connectivity index (χ3v) is 2.57. The summed E-state index contributed by atoms with van der Waals surface area (Å²) < 4.78 is 9.67. The molecule has 1 aliphatic rings. The SMILES string of the molecule is COC(=O)C(N)(C#N)C1CCOCC1. The number of carbonyl (C=O) groups is 1. The van der Waals surface area contributed by atoms with Crippen molar-refractivity contribution in [3.63, 3.8) is 0 Å². The van der Waals surface area contributed by atoms with E-state index in [0.29, 0.717) is 26.1 Å². The van der Waals surface area contributed by atoms with Crippen molar-refractivity contribution in [3.05, 3.63) is 0 Å². The highest BCUT2D eigenvalue weighted by atomic mass is 16.5. The van der Waals surface area contributed by atoms with E-state index >= 15 is 0 Å². The molecular weight excluding hydrogens is 184 g/mol. The van der Waals surface area contributed by atoms with Crippen LogP contribution >= 0.6 is 0 Å². The van der Waals surface area contributed by atoms with Crippen LogP contribution in [0.15, 0.2) is 0 Å². The van der Waals surface area contributed by atoms with Gasteiger partial charge in [0.25, 0.3) is 0 Å². The monoisotopic (exact) mass is 198 g/mol. The van der Waals surface area contributed by atoms with Crippen molar-refractivity contribution in [3.8, 4) is 6.07 Å². The Morgan fingerprint density at radius 2 is 2.21 bits per heavy atom. The number of hydrogen-bond donors (Lipinski definition) is 1. The third kappa shape index (κ3) is 1.86. The van der Waals surface area contributed by atoms with E-state index < -0.39 is 11.5 Å². The van der Waals surface area contributed by atoms with Crippen molar-refractivity contribution in [2.24, 2.45) is 11.7 Å². The molecule has 0 aromatic carbocycles. The largest absolute Gasteiger partial charge is 0.467 e. The van der Waals surface area contributed by atoms with Crippen molar-refractivity contribution in [1.82, 2.24) is 0 Å². The lowest BCUT2D eigenvalue weighted by molar-refractivity contribution is -0.147. The molecule has 0 bridgehead atoms. The van der Waals surface area contributed by atoms with Crippen LogP contribution in [0.25, 0.3) is 0 Å². The van der Waals surface area contributed by atoms with Gasteiger partial charge in [0.15, 0.2) is 0 Å². The summed E-state index contributed by atoms with van der Waals surface area (Å²) in [6, 6.07) is 1.85. The van der Waals surface area contributed by atoms with Gasteiger partial charge in [-0.3, -0.25) is 0 Å². The second-order valence-corrected chi connectivity index (χ2v) is 3.36. The van der Waals surface area contributed by atoms with Gasteiger partial charge >= 0.3 is 5.97 Å². The van der Waals surface area contributed by atoms with Gasteiger partial charge in [-0.05, 0) is 12.8 Å². The molecule has 1 heterocycles. The Kier molecular flexibility index (Phi) is 3.44. The number of nitrogens with zero attached hydrogens (tertiary/aromatic N) is 1. The van der Waals surface area contributed by atoms with Gasteiger partial charge in [0.05, 0.1) is 13.2 Å². The van der Waals surface area contributed by atoms with Gasteiger partial charge in [-0.25, -0.2) is 4.79 Å². The predicted molar refractivity (Wildman–Crippen MR) is 48.1 cm³/mol. The molecule has 2 N–H and O–H groups in total. The average Bonchev–Trinajstić information content (AvgIpc) is 2.28. The lowest BCUT2D eigenvalue weighted by Crippen LogP contribution is -2.55. The summed E-state index contributed by atoms with van der Waals surface area (Å²) in [4.78, 5) is 11.4. The maximum atomic E-state index is 11.4. The maximum absolute atomic E-state index is 11.4. The molecule has 1 unspecified atom stereocenters. The van der Waals surface area contributed by atoms with Gasteiger partial charge in [0, 0.05) is 19.1 Å². The summed E-state index contributed by atoms with van der Waals surface area (Å²) in [6.45, 7) is 1.09. The second-order valence-electron chi connectivity index (χ2n) is 3.36. The minimum Gasteiger partial charge on any atom is -0.467 e. The second kappa shape index (κ2) is 4.40. The van der Waals surface area contributed by atoms with Gasteiger partial charge in [0.1, 0.15) is 0 Å². The average molecular weight is 198 g/mol. The van der Waals surface area contributed by atoms with E-state index in [1.54, 1.807) is 0 Å². The van der Waals surface area contributed by atoms with Crippen molar-refractivity contribution in [2.75, 3.05) is 20.3 Å². The summed E-state index contributed by atoms with van der Waals surface area (Å²) in [7, 11) is 1.24. The van der Waals surface area contributed by atoms with Crippen molar-refractivity contribution in [2.45, 2.75) is 18.4 Å². The fourth-order valence-electron chi connectivity index (χ4n) is 1.63. The van der Waals surface area contributed by atoms with Crippen LogP contribution in [0.3, 0.4) is 0 Å². The standard InChI is InChI=1S/C9H14N2O3/c1-13-8(12)9(11,6-10)7-2-4-14-5-3-7/h7H,2-5,11H2,1H3. The molecule has 14 heavy (non-hydrogen) atoms. The van der Waals surface area contributed by atoms with Crippen molar-refractivity contribution in [1.29, 1.82) is 5.26 Å². The van der Waals surface area contributed by atoms with Crippen LogP contribution < -0.4 is 5.73 Å². The molecule has 1 atom stereocenters. The Bertz CT molecular complexity index is 255. The van der Waals surface area contributed by atoms with Gasteiger partial charge in [-0.2, -0.15) is 5.26 Å². The summed E-state index contributed by atoms with van der Waals surface area (Å²) in [5.74, 6) is -0.833. The number of methoxy groups -OCH3 is 1. The first-order valence-electron chi connectivity index (χ1n) is 4.51. The fraction of sp³-hybridized carbons (Fsp3) is 0.778. The highest BCUT2D eigenvalue weighted by molar-refractivity contribution is 5.84. The predicted octanol–water partition coefficient (Wildman–Crippen LogP) is -0.193. The Morgan fingerprint density at radius 3 is 2.64 bits per heavy atom. The van der Waals surface area contributed by atoms with Gasteiger partial charge in [0.2, 0.25) is 5.54 Å². The topological polar surface area (TPSA) is 85.3 Å². The number of hydrogen-bond acceptors (Lipinski definition) is 5. The van der Waals surface area contributed by atoms with Crippen LogP contribution in [0.2, 0.25) is 0 Å². The molecule has 0 radical (unpaired) electrons. The first-order valence-corrected chi connectivity index (χ1v) is 4.51. The quantitative estimate of drug-likeness (QED) is 0.621. The van der Waals surface area contributed by atoms with Gasteiger partial charge < -0.3 is 15.2 Å². The lowest BCUT2D eigenvalue weighted by atomic mass is 9.81. The maximum Gasteiger partial charge on any atom is 0.341 e. The zero-order valence-corrected chi connectivity index (χ0v) is 8.16. The first kappa shape index (κ1) is 11.0. The molecule has 0 aromatic heterocycles. The molecule has 1 aliphatic heterocycles. The van der Waals surface area contributed by atoms with E-state index in [1.807, 2.05) is 6.07 Å². The van der Waals surface area contributed by atoms with E-state index in [9.17, 15) is 4.79 Å². The molecule has 0 aromatic rings. The van der Waals surface area contributed by atoms with Crippen LogP contribution in [-0.4, -0.2) is 31.8 Å².